The second-order valence-electron chi connectivity index (χ2n) is 4.00. The molecule has 13 heavy (non-hydrogen) atoms. The number of carbonyl (C=O) groups excluding carboxylic acids is 1. The van der Waals surface area contributed by atoms with Gasteiger partial charge in [-0.15, -0.1) is 0 Å². The van der Waals surface area contributed by atoms with Gasteiger partial charge in [-0.3, -0.25) is 4.79 Å². The fourth-order valence-corrected chi connectivity index (χ4v) is 1.79. The molecule has 0 bridgehead atoms. The Bertz CT molecular complexity index is 203. The van der Waals surface area contributed by atoms with Gasteiger partial charge in [0.15, 0.2) is 0 Å². The van der Waals surface area contributed by atoms with Gasteiger partial charge < -0.3 is 5.32 Å². The van der Waals surface area contributed by atoms with E-state index in [4.69, 9.17) is 0 Å². The molecule has 1 amide bonds. The van der Waals surface area contributed by atoms with Crippen molar-refractivity contribution < 1.29 is 4.79 Å². The number of hydrazine groups is 1. The highest BCUT2D eigenvalue weighted by Gasteiger charge is 2.31. The molecule has 2 unspecified atom stereocenters. The van der Waals surface area contributed by atoms with E-state index < -0.39 is 0 Å². The summed E-state index contributed by atoms with van der Waals surface area (Å²) in [5, 5.41) is 5.02. The van der Waals surface area contributed by atoms with E-state index in [2.05, 4.69) is 22.7 Å². The number of nitrogens with zero attached hydrogens (tertiary/aromatic N) is 1. The van der Waals surface area contributed by atoms with Gasteiger partial charge in [-0.2, -0.15) is 0 Å². The molecule has 4 nitrogen and oxygen atoms in total. The van der Waals surface area contributed by atoms with Gasteiger partial charge in [0.1, 0.15) is 6.04 Å². The Morgan fingerprint density at radius 1 is 1.54 bits per heavy atom. The monoisotopic (exact) mass is 183 g/mol. The Hall–Kier alpha value is -0.610. The summed E-state index contributed by atoms with van der Waals surface area (Å²) in [6.45, 7) is 5.13. The lowest BCUT2D eigenvalue weighted by molar-refractivity contribution is -0.128. The largest absolute Gasteiger partial charge is 0.355 e. The maximum absolute atomic E-state index is 11.5. The molecule has 0 aliphatic carbocycles. The minimum Gasteiger partial charge on any atom is -0.355 e. The van der Waals surface area contributed by atoms with Crippen molar-refractivity contribution in [3.8, 4) is 0 Å². The summed E-state index contributed by atoms with van der Waals surface area (Å²) in [6, 6.07) is -0.00551. The number of amides is 1. The second-order valence-corrected chi connectivity index (χ2v) is 4.00. The van der Waals surface area contributed by atoms with Crippen molar-refractivity contribution in [3.63, 3.8) is 0 Å². The molecule has 2 fully saturated rings. The quantitative estimate of drug-likeness (QED) is 0.619. The third-order valence-corrected chi connectivity index (χ3v) is 2.93. The average Bonchev–Trinajstić information content (AvgIpc) is 2.00. The Morgan fingerprint density at radius 2 is 2.31 bits per heavy atom. The van der Waals surface area contributed by atoms with E-state index >= 15 is 0 Å². The van der Waals surface area contributed by atoms with Gasteiger partial charge >= 0.3 is 0 Å². The van der Waals surface area contributed by atoms with Crippen LogP contribution in [0.4, 0.5) is 0 Å². The van der Waals surface area contributed by atoms with Gasteiger partial charge in [-0.1, -0.05) is 6.92 Å². The van der Waals surface area contributed by atoms with Gasteiger partial charge in [0.2, 0.25) is 5.91 Å². The number of nitrogens with one attached hydrogen (secondary N) is 2. The van der Waals surface area contributed by atoms with Crippen LogP contribution in [0.15, 0.2) is 0 Å². The average molecular weight is 183 g/mol. The fourth-order valence-electron chi connectivity index (χ4n) is 1.79. The highest BCUT2D eigenvalue weighted by molar-refractivity contribution is 5.82. The van der Waals surface area contributed by atoms with Crippen molar-refractivity contribution in [1.82, 2.24) is 15.8 Å². The van der Waals surface area contributed by atoms with E-state index in [1.807, 2.05) is 0 Å². The predicted molar refractivity (Wildman–Crippen MR) is 49.9 cm³/mol. The zero-order valence-corrected chi connectivity index (χ0v) is 8.05. The zero-order chi connectivity index (χ0) is 9.26. The van der Waals surface area contributed by atoms with E-state index in [1.165, 1.54) is 6.42 Å². The van der Waals surface area contributed by atoms with E-state index in [1.54, 1.807) is 0 Å². The van der Waals surface area contributed by atoms with Gasteiger partial charge in [-0.05, 0) is 18.8 Å². The highest BCUT2D eigenvalue weighted by atomic mass is 16.2. The van der Waals surface area contributed by atoms with Crippen LogP contribution >= 0.6 is 0 Å². The first-order valence-corrected chi connectivity index (χ1v) is 5.06. The number of piperidine rings is 1. The molecular formula is C9H17N3O. The van der Waals surface area contributed by atoms with E-state index in [-0.39, 0.29) is 11.9 Å². The zero-order valence-electron chi connectivity index (χ0n) is 8.05. The number of hydrogen-bond donors (Lipinski definition) is 2. The topological polar surface area (TPSA) is 44.4 Å². The molecule has 2 aliphatic heterocycles. The molecule has 2 N–H and O–H groups in total. The van der Waals surface area contributed by atoms with Crippen LogP contribution in [0.5, 0.6) is 0 Å². The summed E-state index contributed by atoms with van der Waals surface area (Å²) in [5.74, 6) is 0.611. The second kappa shape index (κ2) is 3.64. The minimum atomic E-state index is -0.00551. The smallest absolute Gasteiger partial charge is 0.238 e. The molecule has 0 aromatic heterocycles. The molecule has 0 radical (unpaired) electrons. The number of rotatable bonds is 2. The maximum Gasteiger partial charge on any atom is 0.238 e. The number of hydrogen-bond acceptors (Lipinski definition) is 3. The number of carbonyl (C=O) groups is 1. The third-order valence-electron chi connectivity index (χ3n) is 2.93. The molecule has 2 saturated heterocycles. The van der Waals surface area contributed by atoms with E-state index in [9.17, 15) is 4.79 Å². The molecule has 0 aromatic carbocycles. The van der Waals surface area contributed by atoms with Gasteiger partial charge in [0, 0.05) is 19.6 Å². The molecule has 2 aliphatic rings. The Labute approximate surface area is 78.6 Å². The first-order chi connectivity index (χ1) is 6.27. The molecule has 4 heteroatoms. The highest BCUT2D eigenvalue weighted by Crippen LogP contribution is 2.14. The Balaban J connectivity index is 1.89. The van der Waals surface area contributed by atoms with E-state index in [0.717, 1.165) is 26.1 Å². The maximum atomic E-state index is 11.5. The first-order valence-electron chi connectivity index (χ1n) is 5.06. The molecule has 2 atom stereocenters. The molecule has 2 rings (SSSR count). The van der Waals surface area contributed by atoms with Crippen molar-refractivity contribution in [2.45, 2.75) is 25.8 Å². The van der Waals surface area contributed by atoms with Crippen molar-refractivity contribution in [3.05, 3.63) is 0 Å². The van der Waals surface area contributed by atoms with Crippen LogP contribution in [0.1, 0.15) is 19.8 Å². The molecule has 0 spiro atoms. The SMILES string of the molecule is CC1CCNC(=O)C1NN1CCC1. The van der Waals surface area contributed by atoms with Gasteiger partial charge in [0.25, 0.3) is 0 Å². The Kier molecular flexibility index (Phi) is 2.51. The summed E-state index contributed by atoms with van der Waals surface area (Å²) in [6.07, 6.45) is 2.33. The first kappa shape index (κ1) is 8.97. The van der Waals surface area contributed by atoms with Crippen molar-refractivity contribution in [2.24, 2.45) is 5.92 Å². The van der Waals surface area contributed by atoms with Crippen LogP contribution in [0.2, 0.25) is 0 Å². The predicted octanol–water partition coefficient (Wildman–Crippen LogP) is -0.279. The molecule has 0 aromatic rings. The summed E-state index contributed by atoms with van der Waals surface area (Å²) in [5.41, 5.74) is 3.28. The normalized spacial score (nSPS) is 35.3. The lowest BCUT2D eigenvalue weighted by Crippen LogP contribution is -2.60. The summed E-state index contributed by atoms with van der Waals surface area (Å²) in [4.78, 5) is 11.5. The minimum absolute atomic E-state index is 0.00551. The summed E-state index contributed by atoms with van der Waals surface area (Å²) in [7, 11) is 0. The van der Waals surface area contributed by atoms with Gasteiger partial charge in [0.05, 0.1) is 0 Å². The van der Waals surface area contributed by atoms with Crippen LogP contribution in [-0.2, 0) is 4.79 Å². The van der Waals surface area contributed by atoms with Crippen LogP contribution < -0.4 is 10.7 Å². The van der Waals surface area contributed by atoms with Gasteiger partial charge in [-0.25, -0.2) is 10.4 Å². The lowest BCUT2D eigenvalue weighted by Gasteiger charge is -2.38. The van der Waals surface area contributed by atoms with Crippen molar-refractivity contribution in [1.29, 1.82) is 0 Å². The standard InChI is InChI=1S/C9H17N3O/c1-7-3-4-10-9(13)8(7)11-12-5-2-6-12/h7-8,11H,2-6H2,1H3,(H,10,13). The third kappa shape index (κ3) is 1.84. The summed E-state index contributed by atoms with van der Waals surface area (Å²) < 4.78 is 0. The molecule has 74 valence electrons. The fraction of sp³-hybridized carbons (Fsp3) is 0.889. The van der Waals surface area contributed by atoms with Crippen LogP contribution in [-0.4, -0.2) is 36.6 Å². The molecule has 0 saturated carbocycles. The van der Waals surface area contributed by atoms with Crippen LogP contribution in [0.3, 0.4) is 0 Å². The lowest BCUT2D eigenvalue weighted by atomic mass is 9.94. The Morgan fingerprint density at radius 3 is 2.85 bits per heavy atom. The summed E-state index contributed by atoms with van der Waals surface area (Å²) >= 11 is 0. The van der Waals surface area contributed by atoms with E-state index in [0.29, 0.717) is 5.92 Å². The molecule has 2 heterocycles. The molecular weight excluding hydrogens is 166 g/mol. The van der Waals surface area contributed by atoms with Crippen LogP contribution in [0, 0.1) is 5.92 Å². The van der Waals surface area contributed by atoms with Crippen molar-refractivity contribution in [2.75, 3.05) is 19.6 Å². The van der Waals surface area contributed by atoms with Crippen LogP contribution in [0.25, 0.3) is 0 Å². The van der Waals surface area contributed by atoms with Crippen molar-refractivity contribution >= 4 is 5.91 Å².